The highest BCUT2D eigenvalue weighted by molar-refractivity contribution is 7.89. The molecule has 2 aromatic rings. The van der Waals surface area contributed by atoms with Crippen LogP contribution >= 0.6 is 0 Å². The molecule has 0 aliphatic rings. The molecule has 0 aliphatic heterocycles. The third-order valence-corrected chi connectivity index (χ3v) is 6.64. The summed E-state index contributed by atoms with van der Waals surface area (Å²) in [5, 5.41) is 2.77. The predicted octanol–water partition coefficient (Wildman–Crippen LogP) is 2.74. The number of amides is 1. The molecule has 170 valence electrons. The summed E-state index contributed by atoms with van der Waals surface area (Å²) in [5.41, 5.74) is 0.753. The standard InChI is InChI=1S/C21H27FN2O6S/c1-6-24(31(26,27)20-12-16(22)8-10-18(20)29-4)13-21(25)23-14(2)15-7-9-17(28-3)19(11-15)30-5/h7-12,14H,6,13H2,1-5H3,(H,23,25). The summed E-state index contributed by atoms with van der Waals surface area (Å²) in [4.78, 5) is 12.3. The van der Waals surface area contributed by atoms with E-state index in [0.717, 1.165) is 22.0 Å². The molecule has 0 heterocycles. The van der Waals surface area contributed by atoms with Crippen LogP contribution in [0, 0.1) is 5.82 Å². The van der Waals surface area contributed by atoms with Crippen LogP contribution in [0.4, 0.5) is 4.39 Å². The number of likely N-dealkylation sites (N-methyl/N-ethyl adjacent to an activating group) is 1. The van der Waals surface area contributed by atoms with E-state index in [1.807, 2.05) is 0 Å². The van der Waals surface area contributed by atoms with E-state index in [-0.39, 0.29) is 17.2 Å². The monoisotopic (exact) mass is 454 g/mol. The Hall–Kier alpha value is -2.85. The van der Waals surface area contributed by atoms with Crippen LogP contribution in [-0.4, -0.2) is 53.0 Å². The van der Waals surface area contributed by atoms with E-state index in [1.54, 1.807) is 32.0 Å². The zero-order chi connectivity index (χ0) is 23.2. The van der Waals surface area contributed by atoms with Crippen molar-refractivity contribution in [3.8, 4) is 17.2 Å². The second-order valence-corrected chi connectivity index (χ2v) is 8.54. The van der Waals surface area contributed by atoms with Gasteiger partial charge in [0, 0.05) is 6.54 Å². The predicted molar refractivity (Wildman–Crippen MR) is 113 cm³/mol. The van der Waals surface area contributed by atoms with Crippen LogP contribution in [0.5, 0.6) is 17.2 Å². The van der Waals surface area contributed by atoms with E-state index in [1.165, 1.54) is 27.4 Å². The summed E-state index contributed by atoms with van der Waals surface area (Å²) in [6.07, 6.45) is 0. The molecule has 1 N–H and O–H groups in total. The number of nitrogens with zero attached hydrogens (tertiary/aromatic N) is 1. The van der Waals surface area contributed by atoms with Gasteiger partial charge in [-0.1, -0.05) is 13.0 Å². The average Bonchev–Trinajstić information content (AvgIpc) is 2.76. The van der Waals surface area contributed by atoms with E-state index >= 15 is 0 Å². The van der Waals surface area contributed by atoms with Crippen molar-refractivity contribution in [2.45, 2.75) is 24.8 Å². The maximum absolute atomic E-state index is 13.7. The molecule has 10 heteroatoms. The Labute approximate surface area is 182 Å². The highest BCUT2D eigenvalue weighted by atomic mass is 32.2. The molecule has 31 heavy (non-hydrogen) atoms. The van der Waals surface area contributed by atoms with Gasteiger partial charge >= 0.3 is 0 Å². The summed E-state index contributed by atoms with van der Waals surface area (Å²) in [6, 6.07) is 8.02. The van der Waals surface area contributed by atoms with Crippen molar-refractivity contribution < 1.29 is 31.8 Å². The zero-order valence-corrected chi connectivity index (χ0v) is 19.0. The van der Waals surface area contributed by atoms with Crippen LogP contribution in [0.3, 0.4) is 0 Å². The molecule has 1 atom stereocenters. The van der Waals surface area contributed by atoms with E-state index in [0.29, 0.717) is 11.5 Å². The fourth-order valence-electron chi connectivity index (χ4n) is 3.01. The van der Waals surface area contributed by atoms with Gasteiger partial charge in [0.25, 0.3) is 0 Å². The van der Waals surface area contributed by atoms with Crippen molar-refractivity contribution in [1.29, 1.82) is 0 Å². The van der Waals surface area contributed by atoms with Gasteiger partial charge in [-0.15, -0.1) is 0 Å². The molecule has 1 amide bonds. The lowest BCUT2D eigenvalue weighted by Crippen LogP contribution is -2.41. The molecule has 0 bridgehead atoms. The number of sulfonamides is 1. The second kappa shape index (κ2) is 10.5. The van der Waals surface area contributed by atoms with Crippen molar-refractivity contribution in [2.75, 3.05) is 34.4 Å². The van der Waals surface area contributed by atoms with E-state index in [4.69, 9.17) is 14.2 Å². The van der Waals surface area contributed by atoms with Crippen LogP contribution in [0.15, 0.2) is 41.3 Å². The fourth-order valence-corrected chi connectivity index (χ4v) is 4.58. The number of ether oxygens (including phenoxy) is 3. The Morgan fingerprint density at radius 1 is 1.03 bits per heavy atom. The van der Waals surface area contributed by atoms with Gasteiger partial charge in [-0.3, -0.25) is 4.79 Å². The van der Waals surface area contributed by atoms with Crippen LogP contribution in [0.2, 0.25) is 0 Å². The molecule has 0 aliphatic carbocycles. The van der Waals surface area contributed by atoms with Gasteiger partial charge in [0.15, 0.2) is 11.5 Å². The summed E-state index contributed by atoms with van der Waals surface area (Å²) < 4.78 is 56.2. The summed E-state index contributed by atoms with van der Waals surface area (Å²) in [5.74, 6) is -0.168. The molecule has 2 rings (SSSR count). The maximum atomic E-state index is 13.7. The van der Waals surface area contributed by atoms with Gasteiger partial charge in [-0.05, 0) is 42.8 Å². The number of halogens is 1. The van der Waals surface area contributed by atoms with Crippen LogP contribution in [0.1, 0.15) is 25.5 Å². The van der Waals surface area contributed by atoms with Crippen molar-refractivity contribution in [3.05, 3.63) is 47.8 Å². The third kappa shape index (κ3) is 5.65. The summed E-state index contributed by atoms with van der Waals surface area (Å²) >= 11 is 0. The molecule has 0 radical (unpaired) electrons. The van der Waals surface area contributed by atoms with Crippen molar-refractivity contribution in [1.82, 2.24) is 9.62 Å². The third-order valence-electron chi connectivity index (χ3n) is 4.70. The van der Waals surface area contributed by atoms with Gasteiger partial charge in [-0.25, -0.2) is 12.8 Å². The first kappa shape index (κ1) is 24.4. The normalized spacial score (nSPS) is 12.4. The Bertz CT molecular complexity index is 1030. The summed E-state index contributed by atoms with van der Waals surface area (Å²) in [7, 11) is 0.165. The Kier molecular flexibility index (Phi) is 8.23. The lowest BCUT2D eigenvalue weighted by atomic mass is 10.1. The van der Waals surface area contributed by atoms with E-state index in [9.17, 15) is 17.6 Å². The molecule has 0 saturated heterocycles. The number of hydrogen-bond acceptors (Lipinski definition) is 6. The van der Waals surface area contributed by atoms with Crippen molar-refractivity contribution in [2.24, 2.45) is 0 Å². The molecular weight excluding hydrogens is 427 g/mol. The Morgan fingerprint density at radius 2 is 1.65 bits per heavy atom. The first-order chi connectivity index (χ1) is 14.7. The van der Waals surface area contributed by atoms with Crippen LogP contribution < -0.4 is 19.5 Å². The molecule has 8 nitrogen and oxygen atoms in total. The Morgan fingerprint density at radius 3 is 2.23 bits per heavy atom. The summed E-state index contributed by atoms with van der Waals surface area (Å²) in [6.45, 7) is 2.93. The lowest BCUT2D eigenvalue weighted by molar-refractivity contribution is -0.121. The van der Waals surface area contributed by atoms with Gasteiger partial charge in [-0.2, -0.15) is 4.31 Å². The number of nitrogens with one attached hydrogen (secondary N) is 1. The van der Waals surface area contributed by atoms with Gasteiger partial charge < -0.3 is 19.5 Å². The van der Waals surface area contributed by atoms with Crippen molar-refractivity contribution in [3.63, 3.8) is 0 Å². The molecule has 2 aromatic carbocycles. The number of methoxy groups -OCH3 is 3. The number of hydrogen-bond donors (Lipinski definition) is 1. The average molecular weight is 455 g/mol. The van der Waals surface area contributed by atoms with Crippen LogP contribution in [-0.2, 0) is 14.8 Å². The SMILES string of the molecule is CCN(CC(=O)NC(C)c1ccc(OC)c(OC)c1)S(=O)(=O)c1cc(F)ccc1OC. The maximum Gasteiger partial charge on any atom is 0.247 e. The van der Waals surface area contributed by atoms with Gasteiger partial charge in [0.2, 0.25) is 15.9 Å². The highest BCUT2D eigenvalue weighted by Gasteiger charge is 2.29. The number of carbonyl (C=O) groups excluding carboxylic acids is 1. The molecule has 0 saturated carbocycles. The topological polar surface area (TPSA) is 94.2 Å². The number of carbonyl (C=O) groups is 1. The lowest BCUT2D eigenvalue weighted by Gasteiger charge is -2.23. The molecule has 0 aromatic heterocycles. The van der Waals surface area contributed by atoms with Crippen LogP contribution in [0.25, 0.3) is 0 Å². The van der Waals surface area contributed by atoms with E-state index in [2.05, 4.69) is 5.32 Å². The number of rotatable bonds is 10. The van der Waals surface area contributed by atoms with Gasteiger partial charge in [0.05, 0.1) is 33.9 Å². The largest absolute Gasteiger partial charge is 0.495 e. The minimum atomic E-state index is -4.16. The first-order valence-corrected chi connectivity index (χ1v) is 11.0. The number of benzene rings is 2. The Balaban J connectivity index is 2.19. The second-order valence-electron chi connectivity index (χ2n) is 6.63. The molecule has 1 unspecified atom stereocenters. The van der Waals surface area contributed by atoms with Gasteiger partial charge in [0.1, 0.15) is 16.5 Å². The van der Waals surface area contributed by atoms with Crippen molar-refractivity contribution >= 4 is 15.9 Å². The highest BCUT2D eigenvalue weighted by Crippen LogP contribution is 2.30. The quantitative estimate of drug-likeness (QED) is 0.593. The molecular formula is C21H27FN2O6S. The molecule has 0 fully saturated rings. The van der Waals surface area contributed by atoms with E-state index < -0.39 is 34.3 Å². The first-order valence-electron chi connectivity index (χ1n) is 9.52. The minimum absolute atomic E-state index is 0.000968. The molecule has 0 spiro atoms. The zero-order valence-electron chi connectivity index (χ0n) is 18.1. The smallest absolute Gasteiger partial charge is 0.247 e. The minimum Gasteiger partial charge on any atom is -0.495 e. The fraction of sp³-hybridized carbons (Fsp3) is 0.381.